The first-order valence-electron chi connectivity index (χ1n) is 5.92. The maximum Gasteiger partial charge on any atom is 0.158 e. The van der Waals surface area contributed by atoms with Crippen LogP contribution in [-0.2, 0) is 0 Å². The number of terminal acetylenes is 1. The Balaban J connectivity index is 2.06. The van der Waals surface area contributed by atoms with Gasteiger partial charge in [0.05, 0.1) is 18.7 Å². The van der Waals surface area contributed by atoms with Crippen molar-refractivity contribution in [2.24, 2.45) is 4.99 Å². The highest BCUT2D eigenvalue weighted by molar-refractivity contribution is 6.03. The summed E-state index contributed by atoms with van der Waals surface area (Å²) in [7, 11) is 1.97. The lowest BCUT2D eigenvalue weighted by molar-refractivity contribution is 0.533. The van der Waals surface area contributed by atoms with E-state index in [1.807, 2.05) is 36.2 Å². The molecule has 5 heteroatoms. The highest BCUT2D eigenvalue weighted by atomic mass is 15.3. The molecule has 0 saturated carbocycles. The average molecular weight is 251 g/mol. The van der Waals surface area contributed by atoms with E-state index in [-0.39, 0.29) is 0 Å². The number of anilines is 1. The highest BCUT2D eigenvalue weighted by Crippen LogP contribution is 2.21. The molecule has 2 N–H and O–H groups in total. The van der Waals surface area contributed by atoms with Gasteiger partial charge in [-0.15, -0.1) is 6.42 Å². The Hall–Kier alpha value is -2.74. The number of aliphatic imine (C=N–C) groups is 1. The molecular weight excluding hydrogens is 238 g/mol. The van der Waals surface area contributed by atoms with Gasteiger partial charge in [0.2, 0.25) is 0 Å². The van der Waals surface area contributed by atoms with Gasteiger partial charge in [0, 0.05) is 12.6 Å². The van der Waals surface area contributed by atoms with E-state index >= 15 is 0 Å². The minimum atomic E-state index is 0.672. The number of nitrogens with one attached hydrogen (secondary N) is 2. The molecule has 5 nitrogen and oxygen atoms in total. The van der Waals surface area contributed by atoms with Gasteiger partial charge in [0.25, 0.3) is 0 Å². The molecule has 1 aromatic heterocycles. The quantitative estimate of drug-likeness (QED) is 0.760. The van der Waals surface area contributed by atoms with Crippen molar-refractivity contribution in [3.8, 4) is 12.3 Å². The van der Waals surface area contributed by atoms with Crippen molar-refractivity contribution in [3.05, 3.63) is 41.9 Å². The molecule has 0 saturated heterocycles. The first kappa shape index (κ1) is 11.4. The monoisotopic (exact) mass is 251 g/mol. The van der Waals surface area contributed by atoms with Crippen molar-refractivity contribution in [2.45, 2.75) is 0 Å². The van der Waals surface area contributed by atoms with Gasteiger partial charge >= 0.3 is 0 Å². The number of imidazole rings is 1. The first-order valence-corrected chi connectivity index (χ1v) is 5.92. The van der Waals surface area contributed by atoms with Gasteiger partial charge in [-0.2, -0.15) is 0 Å². The summed E-state index contributed by atoms with van der Waals surface area (Å²) >= 11 is 0. The summed E-state index contributed by atoms with van der Waals surface area (Å²) < 4.78 is 0. The molecule has 1 aromatic carbocycles. The molecule has 0 fully saturated rings. The third-order valence-electron chi connectivity index (χ3n) is 2.96. The predicted molar refractivity (Wildman–Crippen MR) is 75.4 cm³/mol. The van der Waals surface area contributed by atoms with Gasteiger partial charge in [-0.05, 0) is 18.2 Å². The number of hydrogen-bond acceptors (Lipinski definition) is 3. The third-order valence-corrected chi connectivity index (χ3v) is 2.96. The van der Waals surface area contributed by atoms with E-state index in [0.717, 1.165) is 28.6 Å². The van der Waals surface area contributed by atoms with E-state index in [1.165, 1.54) is 0 Å². The van der Waals surface area contributed by atoms with Crippen molar-refractivity contribution >= 4 is 17.3 Å². The fraction of sp³-hybridized carbons (Fsp3) is 0.143. The molecule has 2 aromatic rings. The van der Waals surface area contributed by atoms with Gasteiger partial charge in [0.1, 0.15) is 5.69 Å². The van der Waals surface area contributed by atoms with E-state index in [2.05, 4.69) is 26.2 Å². The van der Waals surface area contributed by atoms with Crippen LogP contribution in [0.2, 0.25) is 0 Å². The molecular formula is C14H13N5. The molecule has 1 aliphatic rings. The Morgan fingerprint density at radius 2 is 2.37 bits per heavy atom. The number of fused-ring (bicyclic) bond motifs is 1. The van der Waals surface area contributed by atoms with Crippen LogP contribution in [0.4, 0.5) is 11.5 Å². The van der Waals surface area contributed by atoms with Gasteiger partial charge < -0.3 is 15.2 Å². The van der Waals surface area contributed by atoms with Crippen LogP contribution in [0.25, 0.3) is 0 Å². The topological polar surface area (TPSA) is 56.3 Å². The lowest BCUT2D eigenvalue weighted by Crippen LogP contribution is -2.37. The summed E-state index contributed by atoms with van der Waals surface area (Å²) in [6, 6.07) is 7.61. The number of amidine groups is 1. The van der Waals surface area contributed by atoms with E-state index in [4.69, 9.17) is 6.42 Å². The number of nitrogens with zero attached hydrogens (tertiary/aromatic N) is 3. The summed E-state index contributed by atoms with van der Waals surface area (Å²) in [4.78, 5) is 14.0. The van der Waals surface area contributed by atoms with Crippen LogP contribution in [0.5, 0.6) is 0 Å². The van der Waals surface area contributed by atoms with Gasteiger partial charge in [-0.25, -0.2) is 9.98 Å². The summed E-state index contributed by atoms with van der Waals surface area (Å²) in [5.41, 5.74) is 2.54. The number of H-pyrrole nitrogens is 1. The summed E-state index contributed by atoms with van der Waals surface area (Å²) in [6.07, 6.45) is 7.06. The number of aromatic amines is 1. The maximum atomic E-state index is 5.40. The SMILES string of the molecule is C#Cc1cccc(N=C2c3[nH]cnc3NCN2C)c1. The van der Waals surface area contributed by atoms with Crippen LogP contribution in [0, 0.1) is 12.3 Å². The number of rotatable bonds is 1. The second-order valence-corrected chi connectivity index (χ2v) is 4.29. The molecule has 0 spiro atoms. The number of hydrogen-bond donors (Lipinski definition) is 2. The van der Waals surface area contributed by atoms with Crippen LogP contribution >= 0.6 is 0 Å². The molecule has 1 aliphatic heterocycles. The fourth-order valence-electron chi connectivity index (χ4n) is 1.99. The molecule has 0 radical (unpaired) electrons. The average Bonchev–Trinajstić information content (AvgIpc) is 2.91. The molecule has 2 heterocycles. The van der Waals surface area contributed by atoms with Gasteiger partial charge in [-0.3, -0.25) is 0 Å². The molecule has 3 rings (SSSR count). The van der Waals surface area contributed by atoms with Crippen molar-refractivity contribution in [3.63, 3.8) is 0 Å². The van der Waals surface area contributed by atoms with Crippen LogP contribution in [0.1, 0.15) is 11.3 Å². The zero-order valence-corrected chi connectivity index (χ0v) is 10.5. The molecule has 0 bridgehead atoms. The largest absolute Gasteiger partial charge is 0.351 e. The Morgan fingerprint density at radius 1 is 1.47 bits per heavy atom. The Kier molecular flexibility index (Phi) is 2.69. The first-order chi connectivity index (χ1) is 9.28. The fourth-order valence-corrected chi connectivity index (χ4v) is 1.99. The smallest absolute Gasteiger partial charge is 0.158 e. The van der Waals surface area contributed by atoms with Crippen molar-refractivity contribution in [1.29, 1.82) is 0 Å². The summed E-state index contributed by atoms with van der Waals surface area (Å²) in [5, 5.41) is 3.20. The maximum absolute atomic E-state index is 5.40. The number of aromatic nitrogens is 2. The van der Waals surface area contributed by atoms with E-state index in [0.29, 0.717) is 6.67 Å². The van der Waals surface area contributed by atoms with E-state index < -0.39 is 0 Å². The van der Waals surface area contributed by atoms with Gasteiger partial charge in [0.15, 0.2) is 11.7 Å². The molecule has 0 atom stereocenters. The zero-order valence-electron chi connectivity index (χ0n) is 10.5. The minimum Gasteiger partial charge on any atom is -0.351 e. The Labute approximate surface area is 111 Å². The second kappa shape index (κ2) is 4.50. The zero-order chi connectivity index (χ0) is 13.2. The normalized spacial score (nSPS) is 15.8. The molecule has 0 amide bonds. The van der Waals surface area contributed by atoms with Crippen LogP contribution in [-0.4, -0.2) is 34.4 Å². The second-order valence-electron chi connectivity index (χ2n) is 4.29. The van der Waals surface area contributed by atoms with Crippen molar-refractivity contribution < 1.29 is 0 Å². The Bertz CT molecular complexity index is 677. The molecule has 94 valence electrons. The van der Waals surface area contributed by atoms with Crippen LogP contribution in [0.15, 0.2) is 35.6 Å². The summed E-state index contributed by atoms with van der Waals surface area (Å²) in [6.45, 7) is 0.672. The van der Waals surface area contributed by atoms with Crippen LogP contribution in [0.3, 0.4) is 0 Å². The van der Waals surface area contributed by atoms with Crippen LogP contribution < -0.4 is 5.32 Å². The van der Waals surface area contributed by atoms with Crippen molar-refractivity contribution in [2.75, 3.05) is 19.0 Å². The molecule has 19 heavy (non-hydrogen) atoms. The lowest BCUT2D eigenvalue weighted by Gasteiger charge is -2.26. The van der Waals surface area contributed by atoms with E-state index in [9.17, 15) is 0 Å². The highest BCUT2D eigenvalue weighted by Gasteiger charge is 2.21. The predicted octanol–water partition coefficient (Wildman–Crippen LogP) is 1.78. The lowest BCUT2D eigenvalue weighted by atomic mass is 10.2. The molecule has 0 unspecified atom stereocenters. The molecule has 0 aliphatic carbocycles. The standard InChI is InChI=1S/C14H13N5/c1-3-10-5-4-6-11(7-10)18-14-12-13(16-8-15-12)17-9-19(14)2/h1,4-8,17H,9H2,2H3,(H,15,16). The summed E-state index contributed by atoms with van der Waals surface area (Å²) in [5.74, 6) is 4.29. The minimum absolute atomic E-state index is 0.672. The Morgan fingerprint density at radius 3 is 3.21 bits per heavy atom. The van der Waals surface area contributed by atoms with Crippen molar-refractivity contribution in [1.82, 2.24) is 14.9 Å². The van der Waals surface area contributed by atoms with Gasteiger partial charge in [-0.1, -0.05) is 12.0 Å². The third kappa shape index (κ3) is 2.04. The number of benzene rings is 1. The van der Waals surface area contributed by atoms with E-state index in [1.54, 1.807) is 6.33 Å².